The number of benzene rings is 1. The Morgan fingerprint density at radius 1 is 1.25 bits per heavy atom. The number of methoxy groups -OCH3 is 1. The molecule has 1 aromatic carbocycles. The number of nitrogens with zero attached hydrogens (tertiary/aromatic N) is 3. The molecule has 0 radical (unpaired) electrons. The van der Waals surface area contributed by atoms with Crippen molar-refractivity contribution in [3.8, 4) is 11.8 Å². The number of nitrogen functional groups attached to an aromatic ring is 1. The van der Waals surface area contributed by atoms with Crippen LogP contribution in [0.1, 0.15) is 40.0 Å². The molecule has 9 heteroatoms. The van der Waals surface area contributed by atoms with Crippen LogP contribution in [0.15, 0.2) is 18.2 Å². The van der Waals surface area contributed by atoms with Crippen molar-refractivity contribution in [2.75, 3.05) is 45.6 Å². The van der Waals surface area contributed by atoms with Crippen molar-refractivity contribution >= 4 is 22.8 Å². The molecule has 2 aromatic rings. The molecule has 3 rings (SSSR count). The number of piperidine rings is 1. The highest BCUT2D eigenvalue weighted by molar-refractivity contribution is 5.89. The maximum Gasteiger partial charge on any atom is 0.407 e. The van der Waals surface area contributed by atoms with Gasteiger partial charge in [-0.1, -0.05) is 0 Å². The van der Waals surface area contributed by atoms with Gasteiger partial charge in [0.2, 0.25) is 0 Å². The number of rotatable bonds is 8. The van der Waals surface area contributed by atoms with Gasteiger partial charge < -0.3 is 30.2 Å². The summed E-state index contributed by atoms with van der Waals surface area (Å²) in [6.45, 7) is 9.97. The van der Waals surface area contributed by atoms with E-state index in [-0.39, 0.29) is 12.1 Å². The van der Waals surface area contributed by atoms with E-state index < -0.39 is 5.60 Å². The molecule has 0 saturated carbocycles. The Morgan fingerprint density at radius 2 is 2.00 bits per heavy atom. The average Bonchev–Trinajstić information content (AvgIpc) is 2.74. The maximum atomic E-state index is 11.8. The van der Waals surface area contributed by atoms with Crippen LogP contribution in [-0.2, 0) is 4.74 Å². The first-order valence-corrected chi connectivity index (χ1v) is 11.2. The molecule has 3 N–H and O–H groups in total. The molecule has 1 amide bonds. The van der Waals surface area contributed by atoms with Gasteiger partial charge in [-0.3, -0.25) is 0 Å². The zero-order valence-electron chi connectivity index (χ0n) is 19.5. The number of hydrogen-bond acceptors (Lipinski definition) is 8. The predicted molar refractivity (Wildman–Crippen MR) is 124 cm³/mol. The second-order valence-electron chi connectivity index (χ2n) is 9.14. The molecule has 0 atom stereocenters. The molecule has 1 fully saturated rings. The minimum atomic E-state index is -0.462. The molecule has 1 saturated heterocycles. The lowest BCUT2D eigenvalue weighted by atomic mass is 9.97. The third kappa shape index (κ3) is 7.12. The minimum Gasteiger partial charge on any atom is -0.493 e. The van der Waals surface area contributed by atoms with E-state index in [9.17, 15) is 4.79 Å². The highest BCUT2D eigenvalue weighted by atomic mass is 16.6. The first kappa shape index (κ1) is 23.8. The normalized spacial score (nSPS) is 15.5. The van der Waals surface area contributed by atoms with Gasteiger partial charge in [0, 0.05) is 24.5 Å². The number of fused-ring (bicyclic) bond motifs is 1. The van der Waals surface area contributed by atoms with Gasteiger partial charge in [-0.05, 0) is 71.2 Å². The molecule has 2 heterocycles. The summed E-state index contributed by atoms with van der Waals surface area (Å²) in [6.07, 6.45) is 2.75. The fourth-order valence-corrected chi connectivity index (χ4v) is 3.73. The molecule has 176 valence electrons. The summed E-state index contributed by atoms with van der Waals surface area (Å²) < 4.78 is 16.3. The standard InChI is InChI=1S/C23H35N5O4/c1-23(2,3)32-22(29)25-15-16-8-11-28(12-9-16)10-5-13-31-17-6-7-18-19(14-17)26-21(30-4)27-20(18)24/h6-7,14,16H,5,8-13,15H2,1-4H3,(H,25,29)(H2,24,26,27). The van der Waals surface area contributed by atoms with Crippen LogP contribution in [0, 0.1) is 5.92 Å². The number of alkyl carbamates (subject to hydrolysis) is 1. The number of ether oxygens (including phenoxy) is 3. The van der Waals surface area contributed by atoms with E-state index in [4.69, 9.17) is 19.9 Å². The largest absolute Gasteiger partial charge is 0.493 e. The number of hydrogen-bond donors (Lipinski definition) is 2. The second-order valence-corrected chi connectivity index (χ2v) is 9.14. The zero-order chi connectivity index (χ0) is 23.1. The van der Waals surface area contributed by atoms with Gasteiger partial charge >= 0.3 is 12.1 Å². The van der Waals surface area contributed by atoms with Gasteiger partial charge in [0.05, 0.1) is 19.2 Å². The number of likely N-dealkylation sites (tertiary alicyclic amines) is 1. The van der Waals surface area contributed by atoms with Gasteiger partial charge in [-0.15, -0.1) is 0 Å². The highest BCUT2D eigenvalue weighted by Gasteiger charge is 2.21. The van der Waals surface area contributed by atoms with Crippen LogP contribution < -0.4 is 20.5 Å². The van der Waals surface area contributed by atoms with Crippen molar-refractivity contribution in [2.45, 2.75) is 45.6 Å². The maximum absolute atomic E-state index is 11.8. The summed E-state index contributed by atoms with van der Waals surface area (Å²) in [6, 6.07) is 5.86. The van der Waals surface area contributed by atoms with E-state index in [1.165, 1.54) is 7.11 Å². The van der Waals surface area contributed by atoms with Gasteiger partial charge in [0.15, 0.2) is 0 Å². The topological polar surface area (TPSA) is 112 Å². The molecule has 1 aliphatic rings. The number of nitrogens with two attached hydrogens (primary N) is 1. The first-order chi connectivity index (χ1) is 15.2. The third-order valence-corrected chi connectivity index (χ3v) is 5.39. The van der Waals surface area contributed by atoms with Crippen LogP contribution in [0.25, 0.3) is 10.9 Å². The van der Waals surface area contributed by atoms with E-state index in [0.717, 1.165) is 50.0 Å². The SMILES string of the molecule is COc1nc(N)c2ccc(OCCCN3CCC(CNC(=O)OC(C)(C)C)CC3)cc2n1. The molecular formula is C23H35N5O4. The number of anilines is 1. The van der Waals surface area contributed by atoms with E-state index >= 15 is 0 Å². The Labute approximate surface area is 189 Å². The number of aromatic nitrogens is 2. The van der Waals surface area contributed by atoms with Gasteiger partial charge in [-0.2, -0.15) is 9.97 Å². The minimum absolute atomic E-state index is 0.247. The Kier molecular flexibility index (Phi) is 7.95. The number of amides is 1. The summed E-state index contributed by atoms with van der Waals surface area (Å²) in [5.74, 6) is 1.65. The van der Waals surface area contributed by atoms with Gasteiger partial charge in [0.25, 0.3) is 0 Å². The van der Waals surface area contributed by atoms with Crippen molar-refractivity contribution in [1.82, 2.24) is 20.2 Å². The van der Waals surface area contributed by atoms with Crippen molar-refractivity contribution in [3.63, 3.8) is 0 Å². The first-order valence-electron chi connectivity index (χ1n) is 11.2. The van der Waals surface area contributed by atoms with E-state index in [1.54, 1.807) is 0 Å². The molecule has 0 bridgehead atoms. The Hall–Kier alpha value is -2.81. The van der Waals surface area contributed by atoms with Gasteiger partial charge in [-0.25, -0.2) is 4.79 Å². The molecule has 9 nitrogen and oxygen atoms in total. The van der Waals surface area contributed by atoms with E-state index in [1.807, 2.05) is 39.0 Å². The van der Waals surface area contributed by atoms with Crippen LogP contribution >= 0.6 is 0 Å². The number of carbonyl (C=O) groups excluding carboxylic acids is 1. The average molecular weight is 446 g/mol. The van der Waals surface area contributed by atoms with E-state index in [2.05, 4.69) is 20.2 Å². The van der Waals surface area contributed by atoms with Crippen LogP contribution in [0.3, 0.4) is 0 Å². The summed E-state index contributed by atoms with van der Waals surface area (Å²) in [4.78, 5) is 22.7. The van der Waals surface area contributed by atoms with Crippen molar-refractivity contribution < 1.29 is 19.0 Å². The molecule has 0 aliphatic carbocycles. The lowest BCUT2D eigenvalue weighted by Gasteiger charge is -2.32. The molecule has 0 spiro atoms. The number of nitrogens with one attached hydrogen (secondary N) is 1. The second kappa shape index (κ2) is 10.7. The summed E-state index contributed by atoms with van der Waals surface area (Å²) >= 11 is 0. The quantitative estimate of drug-likeness (QED) is 0.596. The molecule has 0 unspecified atom stereocenters. The Bertz CT molecular complexity index is 907. The Morgan fingerprint density at radius 3 is 2.69 bits per heavy atom. The fraction of sp³-hybridized carbons (Fsp3) is 0.609. The van der Waals surface area contributed by atoms with Crippen molar-refractivity contribution in [2.24, 2.45) is 5.92 Å². The smallest absolute Gasteiger partial charge is 0.407 e. The zero-order valence-corrected chi connectivity index (χ0v) is 19.5. The van der Waals surface area contributed by atoms with Crippen LogP contribution in [0.5, 0.6) is 11.8 Å². The number of carbonyl (C=O) groups is 1. The lowest BCUT2D eigenvalue weighted by molar-refractivity contribution is 0.0509. The van der Waals surface area contributed by atoms with E-state index in [0.29, 0.717) is 30.4 Å². The summed E-state index contributed by atoms with van der Waals surface area (Å²) in [5, 5.41) is 3.67. The van der Waals surface area contributed by atoms with Crippen LogP contribution in [0.4, 0.5) is 10.6 Å². The molecule has 1 aromatic heterocycles. The Balaban J connectivity index is 1.35. The van der Waals surface area contributed by atoms with Gasteiger partial charge in [0.1, 0.15) is 17.2 Å². The molecular weight excluding hydrogens is 410 g/mol. The van der Waals surface area contributed by atoms with Crippen LogP contribution in [0.2, 0.25) is 0 Å². The monoisotopic (exact) mass is 445 g/mol. The molecule has 1 aliphatic heterocycles. The summed E-state index contributed by atoms with van der Waals surface area (Å²) in [7, 11) is 1.52. The molecule has 32 heavy (non-hydrogen) atoms. The van der Waals surface area contributed by atoms with Crippen molar-refractivity contribution in [1.29, 1.82) is 0 Å². The fourth-order valence-electron chi connectivity index (χ4n) is 3.73. The summed E-state index contributed by atoms with van der Waals surface area (Å²) in [5.41, 5.74) is 6.19. The lowest BCUT2D eigenvalue weighted by Crippen LogP contribution is -2.40. The predicted octanol–water partition coefficient (Wildman–Crippen LogP) is 3.23. The van der Waals surface area contributed by atoms with Crippen LogP contribution in [-0.4, -0.2) is 66.5 Å². The highest BCUT2D eigenvalue weighted by Crippen LogP contribution is 2.25. The third-order valence-electron chi connectivity index (χ3n) is 5.39. The van der Waals surface area contributed by atoms with Crippen molar-refractivity contribution in [3.05, 3.63) is 18.2 Å².